The zero-order valence-corrected chi connectivity index (χ0v) is 17.5. The third-order valence-corrected chi connectivity index (χ3v) is 7.80. The van der Waals surface area contributed by atoms with Crippen LogP contribution in [0.3, 0.4) is 0 Å². The highest BCUT2D eigenvalue weighted by atomic mass is 32.2. The first-order valence-electron chi connectivity index (χ1n) is 9.01. The van der Waals surface area contributed by atoms with Gasteiger partial charge in [0, 0.05) is 31.1 Å². The summed E-state index contributed by atoms with van der Waals surface area (Å²) in [6.07, 6.45) is 0. The van der Waals surface area contributed by atoms with E-state index in [4.69, 9.17) is 0 Å². The lowest BCUT2D eigenvalue weighted by Crippen LogP contribution is -2.50. The number of benzene rings is 2. The molecule has 150 valence electrons. The molecule has 0 spiro atoms. The Kier molecular flexibility index (Phi) is 6.42. The minimum Gasteiger partial charge on any atom is -0.339 e. The Hall–Kier alpha value is -1.90. The number of amides is 1. The summed E-state index contributed by atoms with van der Waals surface area (Å²) in [6, 6.07) is 10.9. The Bertz CT molecular complexity index is 954. The van der Waals surface area contributed by atoms with Crippen molar-refractivity contribution in [3.8, 4) is 0 Å². The molecule has 0 atom stereocenters. The monoisotopic (exact) mass is 422 g/mol. The molecule has 3 rings (SSSR count). The largest absolute Gasteiger partial charge is 0.339 e. The van der Waals surface area contributed by atoms with Crippen LogP contribution in [0.2, 0.25) is 0 Å². The van der Waals surface area contributed by atoms with E-state index < -0.39 is 15.8 Å². The highest BCUT2D eigenvalue weighted by Crippen LogP contribution is 2.24. The van der Waals surface area contributed by atoms with Crippen LogP contribution in [-0.2, 0) is 14.8 Å². The highest BCUT2D eigenvalue weighted by Gasteiger charge is 2.30. The second kappa shape index (κ2) is 8.63. The van der Waals surface area contributed by atoms with Crippen LogP contribution in [0.4, 0.5) is 4.39 Å². The molecular formula is C20H23FN2O3S2. The topological polar surface area (TPSA) is 57.7 Å². The lowest BCUT2D eigenvalue weighted by atomic mass is 10.2. The number of carbonyl (C=O) groups is 1. The van der Waals surface area contributed by atoms with Crippen LogP contribution >= 0.6 is 11.8 Å². The summed E-state index contributed by atoms with van der Waals surface area (Å²) in [6.45, 7) is 5.24. The molecule has 1 aliphatic heterocycles. The lowest BCUT2D eigenvalue weighted by molar-refractivity contribution is -0.129. The zero-order chi connectivity index (χ0) is 20.3. The molecule has 5 nitrogen and oxygen atoms in total. The van der Waals surface area contributed by atoms with Gasteiger partial charge in [0.25, 0.3) is 0 Å². The standard InChI is InChI=1S/C20H23FN2O3S2/c1-15-3-8-19(16(2)13-15)27-14-20(24)22-9-11-23(12-10-22)28(25,26)18-6-4-17(21)5-7-18/h3-8,13H,9-12,14H2,1-2H3. The van der Waals surface area contributed by atoms with Gasteiger partial charge in [-0.3, -0.25) is 4.79 Å². The van der Waals surface area contributed by atoms with Crippen LogP contribution in [0, 0.1) is 19.7 Å². The number of rotatable bonds is 5. The number of halogens is 1. The number of hydrogen-bond acceptors (Lipinski definition) is 4. The molecule has 0 N–H and O–H groups in total. The normalized spacial score (nSPS) is 15.6. The summed E-state index contributed by atoms with van der Waals surface area (Å²) >= 11 is 1.50. The molecule has 0 bridgehead atoms. The van der Waals surface area contributed by atoms with Gasteiger partial charge in [-0.1, -0.05) is 17.7 Å². The first-order chi connectivity index (χ1) is 13.3. The minimum absolute atomic E-state index is 0.00352. The van der Waals surface area contributed by atoms with Gasteiger partial charge < -0.3 is 4.90 Å². The Morgan fingerprint density at radius 3 is 2.29 bits per heavy atom. The molecule has 1 amide bonds. The van der Waals surface area contributed by atoms with Gasteiger partial charge in [-0.05, 0) is 49.7 Å². The average Bonchev–Trinajstić information content (AvgIpc) is 2.67. The summed E-state index contributed by atoms with van der Waals surface area (Å²) in [5.74, 6) is -0.145. The molecule has 1 aliphatic rings. The van der Waals surface area contributed by atoms with Crippen LogP contribution in [-0.4, -0.2) is 55.5 Å². The van der Waals surface area contributed by atoms with E-state index in [0.717, 1.165) is 22.6 Å². The van der Waals surface area contributed by atoms with Crippen molar-refractivity contribution < 1.29 is 17.6 Å². The van der Waals surface area contributed by atoms with Crippen molar-refractivity contribution >= 4 is 27.7 Å². The van der Waals surface area contributed by atoms with E-state index in [-0.39, 0.29) is 23.9 Å². The molecule has 1 heterocycles. The van der Waals surface area contributed by atoms with Crippen LogP contribution in [0.25, 0.3) is 0 Å². The molecule has 8 heteroatoms. The molecule has 0 unspecified atom stereocenters. The number of carbonyl (C=O) groups excluding carboxylic acids is 1. The number of sulfonamides is 1. The van der Waals surface area contributed by atoms with Crippen LogP contribution < -0.4 is 0 Å². The summed E-state index contributed by atoms with van der Waals surface area (Å²) in [5, 5.41) is 0. The van der Waals surface area contributed by atoms with Crippen molar-refractivity contribution in [2.24, 2.45) is 0 Å². The van der Waals surface area contributed by atoms with E-state index in [0.29, 0.717) is 18.8 Å². The van der Waals surface area contributed by atoms with Crippen molar-refractivity contribution in [2.75, 3.05) is 31.9 Å². The smallest absolute Gasteiger partial charge is 0.243 e. The fraction of sp³-hybridized carbons (Fsp3) is 0.350. The average molecular weight is 423 g/mol. The molecule has 2 aromatic carbocycles. The number of nitrogens with zero attached hydrogens (tertiary/aromatic N) is 2. The van der Waals surface area contributed by atoms with Crippen molar-refractivity contribution in [1.82, 2.24) is 9.21 Å². The Morgan fingerprint density at radius 1 is 1.04 bits per heavy atom. The van der Waals surface area contributed by atoms with Gasteiger partial charge in [0.1, 0.15) is 5.82 Å². The molecule has 1 fully saturated rings. The van der Waals surface area contributed by atoms with Gasteiger partial charge in [0.2, 0.25) is 15.9 Å². The Morgan fingerprint density at radius 2 is 1.68 bits per heavy atom. The summed E-state index contributed by atoms with van der Waals surface area (Å²) < 4.78 is 39.7. The molecular weight excluding hydrogens is 399 g/mol. The third-order valence-electron chi connectivity index (χ3n) is 4.72. The highest BCUT2D eigenvalue weighted by molar-refractivity contribution is 8.00. The predicted octanol–water partition coefficient (Wildman–Crippen LogP) is 3.07. The van der Waals surface area contributed by atoms with Crippen LogP contribution in [0.15, 0.2) is 52.3 Å². The van der Waals surface area contributed by atoms with E-state index in [1.54, 1.807) is 4.90 Å². The zero-order valence-electron chi connectivity index (χ0n) is 15.9. The number of thioether (sulfide) groups is 1. The van der Waals surface area contributed by atoms with Gasteiger partial charge in [-0.2, -0.15) is 4.31 Å². The maximum atomic E-state index is 13.0. The molecule has 0 radical (unpaired) electrons. The van der Waals surface area contributed by atoms with Gasteiger partial charge in [0.05, 0.1) is 10.6 Å². The van der Waals surface area contributed by atoms with E-state index in [9.17, 15) is 17.6 Å². The van der Waals surface area contributed by atoms with Gasteiger partial charge >= 0.3 is 0 Å². The van der Waals surface area contributed by atoms with Gasteiger partial charge in [0.15, 0.2) is 0 Å². The molecule has 1 saturated heterocycles. The molecule has 28 heavy (non-hydrogen) atoms. The second-order valence-electron chi connectivity index (χ2n) is 6.80. The van der Waals surface area contributed by atoms with Crippen molar-refractivity contribution in [2.45, 2.75) is 23.6 Å². The third kappa shape index (κ3) is 4.74. The molecule has 0 aromatic heterocycles. The van der Waals surface area contributed by atoms with E-state index in [2.05, 4.69) is 6.07 Å². The maximum absolute atomic E-state index is 13.0. The van der Waals surface area contributed by atoms with Crippen LogP contribution in [0.5, 0.6) is 0 Å². The summed E-state index contributed by atoms with van der Waals surface area (Å²) in [7, 11) is -3.67. The molecule has 2 aromatic rings. The Labute approximate surface area is 169 Å². The number of aryl methyl sites for hydroxylation is 2. The maximum Gasteiger partial charge on any atom is 0.243 e. The SMILES string of the molecule is Cc1ccc(SCC(=O)N2CCN(S(=O)(=O)c3ccc(F)cc3)CC2)c(C)c1. The summed E-state index contributed by atoms with van der Waals surface area (Å²) in [5.41, 5.74) is 2.33. The van der Waals surface area contributed by atoms with Crippen molar-refractivity contribution in [1.29, 1.82) is 0 Å². The second-order valence-corrected chi connectivity index (χ2v) is 9.75. The predicted molar refractivity (Wildman–Crippen MR) is 108 cm³/mol. The van der Waals surface area contributed by atoms with E-state index >= 15 is 0 Å². The fourth-order valence-corrected chi connectivity index (χ4v) is 5.46. The first kappa shape index (κ1) is 20.8. The number of hydrogen-bond donors (Lipinski definition) is 0. The van der Waals surface area contributed by atoms with Gasteiger partial charge in [-0.15, -0.1) is 11.8 Å². The van der Waals surface area contributed by atoms with Crippen molar-refractivity contribution in [3.63, 3.8) is 0 Å². The van der Waals surface area contributed by atoms with Gasteiger partial charge in [-0.25, -0.2) is 12.8 Å². The lowest BCUT2D eigenvalue weighted by Gasteiger charge is -2.34. The fourth-order valence-electron chi connectivity index (χ4n) is 3.13. The molecule has 0 aliphatic carbocycles. The minimum atomic E-state index is -3.67. The summed E-state index contributed by atoms with van der Waals surface area (Å²) in [4.78, 5) is 15.4. The molecule has 0 saturated carbocycles. The van der Waals surface area contributed by atoms with Crippen LogP contribution in [0.1, 0.15) is 11.1 Å². The number of piperazine rings is 1. The van der Waals surface area contributed by atoms with E-state index in [1.807, 2.05) is 26.0 Å². The Balaban J connectivity index is 1.55. The quantitative estimate of drug-likeness (QED) is 0.695. The van der Waals surface area contributed by atoms with Crippen molar-refractivity contribution in [3.05, 3.63) is 59.4 Å². The first-order valence-corrected chi connectivity index (χ1v) is 11.4. The van der Waals surface area contributed by atoms with E-state index in [1.165, 1.54) is 33.8 Å².